The molecule has 0 saturated heterocycles. The Morgan fingerprint density at radius 2 is 1.14 bits per heavy atom. The van der Waals surface area contributed by atoms with E-state index < -0.39 is 11.9 Å². The molecule has 36 heavy (non-hydrogen) atoms. The van der Waals surface area contributed by atoms with Crippen LogP contribution in [-0.2, 0) is 14.4 Å². The number of rotatable bonds is 10. The predicted octanol–water partition coefficient (Wildman–Crippen LogP) is 4.97. The lowest BCUT2D eigenvalue weighted by atomic mass is 9.81. The summed E-state index contributed by atoms with van der Waals surface area (Å²) in [5, 5.41) is 17.8. The van der Waals surface area contributed by atoms with E-state index in [0.29, 0.717) is 19.0 Å². The van der Waals surface area contributed by atoms with Crippen LogP contribution >= 0.6 is 0 Å². The first-order chi connectivity index (χ1) is 17.1. The average Bonchev–Trinajstić information content (AvgIpc) is 2.84. The number of nitrogens with zero attached hydrogens (tertiary/aromatic N) is 2. The first-order valence-corrected chi connectivity index (χ1v) is 12.1. The molecule has 1 fully saturated rings. The van der Waals surface area contributed by atoms with Gasteiger partial charge in [-0.05, 0) is 66.3 Å². The summed E-state index contributed by atoms with van der Waals surface area (Å²) in [6.07, 6.45) is 5.51. The molecule has 7 heteroatoms. The highest BCUT2D eigenvalue weighted by Gasteiger charge is 2.25. The van der Waals surface area contributed by atoms with Crippen LogP contribution in [0.3, 0.4) is 0 Å². The molecule has 2 N–H and O–H groups in total. The molecule has 3 rings (SSSR count). The van der Waals surface area contributed by atoms with Gasteiger partial charge in [0, 0.05) is 49.7 Å². The predicted molar refractivity (Wildman–Crippen MR) is 143 cm³/mol. The minimum atomic E-state index is -0.823. The molecule has 0 unspecified atom stereocenters. The van der Waals surface area contributed by atoms with E-state index in [0.717, 1.165) is 46.5 Å². The lowest BCUT2D eigenvalue weighted by Gasteiger charge is -2.23. The van der Waals surface area contributed by atoms with Crippen molar-refractivity contribution in [3.05, 3.63) is 70.8 Å². The van der Waals surface area contributed by atoms with Crippen molar-refractivity contribution in [2.45, 2.75) is 32.6 Å². The van der Waals surface area contributed by atoms with E-state index in [1.807, 2.05) is 84.6 Å². The summed E-state index contributed by atoms with van der Waals surface area (Å²) in [5.74, 6) is -1.23. The van der Waals surface area contributed by atoms with Gasteiger partial charge in [-0.2, -0.15) is 0 Å². The summed E-state index contributed by atoms with van der Waals surface area (Å²) in [4.78, 5) is 38.7. The Hall–Kier alpha value is -3.87. The van der Waals surface area contributed by atoms with E-state index in [-0.39, 0.29) is 18.6 Å². The second kappa shape index (κ2) is 12.2. The van der Waals surface area contributed by atoms with Crippen LogP contribution in [0.1, 0.15) is 43.7 Å². The fourth-order valence-electron chi connectivity index (χ4n) is 4.30. The van der Waals surface area contributed by atoms with Crippen LogP contribution in [0.25, 0.3) is 12.2 Å². The number of Topliss-reactive ketones (excluding diaryl/α,β-unsaturated/α-hetero) is 1. The number of anilines is 2. The van der Waals surface area contributed by atoms with Crippen molar-refractivity contribution >= 4 is 41.2 Å². The highest BCUT2D eigenvalue weighted by Crippen LogP contribution is 2.32. The first-order valence-electron chi connectivity index (χ1n) is 12.1. The van der Waals surface area contributed by atoms with Gasteiger partial charge < -0.3 is 20.0 Å². The number of aliphatic carboxylic acids is 2. The normalized spacial score (nSPS) is 17.9. The van der Waals surface area contributed by atoms with Crippen LogP contribution < -0.4 is 9.80 Å². The molecule has 0 aliphatic heterocycles. The largest absolute Gasteiger partial charge is 0.481 e. The van der Waals surface area contributed by atoms with Crippen LogP contribution in [0.4, 0.5) is 11.4 Å². The first kappa shape index (κ1) is 26.7. The number of allylic oxidation sites excluding steroid dienone is 2. The van der Waals surface area contributed by atoms with E-state index in [9.17, 15) is 14.4 Å². The number of benzene rings is 2. The van der Waals surface area contributed by atoms with E-state index in [1.165, 1.54) is 0 Å². The highest BCUT2D eigenvalue weighted by molar-refractivity contribution is 6.14. The molecule has 2 aromatic rings. The topological polar surface area (TPSA) is 98.2 Å². The molecule has 0 atom stereocenters. The summed E-state index contributed by atoms with van der Waals surface area (Å²) >= 11 is 0. The van der Waals surface area contributed by atoms with Crippen molar-refractivity contribution in [3.63, 3.8) is 0 Å². The van der Waals surface area contributed by atoms with Gasteiger partial charge in [-0.15, -0.1) is 0 Å². The lowest BCUT2D eigenvalue weighted by molar-refractivity contribution is -0.137. The summed E-state index contributed by atoms with van der Waals surface area (Å²) in [6.45, 7) is 3.01. The van der Waals surface area contributed by atoms with Gasteiger partial charge in [0.15, 0.2) is 5.78 Å². The zero-order valence-electron chi connectivity index (χ0n) is 21.1. The van der Waals surface area contributed by atoms with Crippen molar-refractivity contribution in [2.75, 3.05) is 37.0 Å². The monoisotopic (exact) mass is 490 g/mol. The van der Waals surface area contributed by atoms with Gasteiger partial charge >= 0.3 is 11.9 Å². The molecular formula is C29H34N2O5. The molecule has 190 valence electrons. The Morgan fingerprint density at radius 1 is 0.778 bits per heavy atom. The number of carbonyl (C=O) groups is 3. The van der Waals surface area contributed by atoms with Crippen molar-refractivity contribution in [1.29, 1.82) is 0 Å². The third kappa shape index (κ3) is 7.57. The zero-order valence-corrected chi connectivity index (χ0v) is 21.1. The van der Waals surface area contributed by atoms with Crippen LogP contribution in [-0.4, -0.2) is 55.1 Å². The van der Waals surface area contributed by atoms with Gasteiger partial charge in [0.1, 0.15) is 0 Å². The van der Waals surface area contributed by atoms with Gasteiger partial charge in [0.25, 0.3) is 0 Å². The van der Waals surface area contributed by atoms with Crippen molar-refractivity contribution in [1.82, 2.24) is 0 Å². The standard InChI is InChI=1S/C29H34N2O5/c1-20-16-23(18-21-4-8-25(9-5-21)30(2)14-12-27(32)33)29(36)24(17-20)19-22-6-10-26(11-7-22)31(3)15-13-28(34)35/h4-11,18-20H,12-17H2,1-3H3,(H,32,33)(H,34,35)/b23-18+,24-19+. The summed E-state index contributed by atoms with van der Waals surface area (Å²) in [5.41, 5.74) is 5.32. The van der Waals surface area contributed by atoms with Crippen molar-refractivity contribution < 1.29 is 24.6 Å². The Bertz CT molecular complexity index is 1060. The second-order valence-corrected chi connectivity index (χ2v) is 9.50. The van der Waals surface area contributed by atoms with Crippen LogP contribution in [0.2, 0.25) is 0 Å². The van der Waals surface area contributed by atoms with E-state index in [4.69, 9.17) is 10.2 Å². The number of carboxylic acids is 2. The molecule has 0 bridgehead atoms. The van der Waals surface area contributed by atoms with Crippen molar-refractivity contribution in [3.8, 4) is 0 Å². The number of ketones is 1. The summed E-state index contributed by atoms with van der Waals surface area (Å²) < 4.78 is 0. The third-order valence-corrected chi connectivity index (χ3v) is 6.39. The minimum Gasteiger partial charge on any atom is -0.481 e. The second-order valence-electron chi connectivity index (χ2n) is 9.50. The zero-order chi connectivity index (χ0) is 26.2. The molecule has 2 aromatic carbocycles. The maximum Gasteiger partial charge on any atom is 0.305 e. The maximum atomic E-state index is 13.3. The van der Waals surface area contributed by atoms with Gasteiger partial charge in [-0.3, -0.25) is 14.4 Å². The molecule has 0 heterocycles. The quantitative estimate of drug-likeness (QED) is 0.454. The number of hydrogen-bond acceptors (Lipinski definition) is 5. The van der Waals surface area contributed by atoms with Gasteiger partial charge in [-0.25, -0.2) is 0 Å². The molecule has 0 spiro atoms. The molecule has 0 radical (unpaired) electrons. The fourth-order valence-corrected chi connectivity index (χ4v) is 4.30. The fraction of sp³-hybridized carbons (Fsp3) is 0.345. The van der Waals surface area contributed by atoms with Crippen LogP contribution in [0.5, 0.6) is 0 Å². The van der Waals surface area contributed by atoms with Gasteiger partial charge in [0.2, 0.25) is 0 Å². The maximum absolute atomic E-state index is 13.3. The smallest absolute Gasteiger partial charge is 0.305 e. The van der Waals surface area contributed by atoms with Crippen molar-refractivity contribution in [2.24, 2.45) is 5.92 Å². The molecule has 0 amide bonds. The SMILES string of the molecule is CC1C/C(=C\c2ccc(N(C)CCC(=O)O)cc2)C(=O)/C(=C/c2ccc(N(C)CCC(=O)O)cc2)C1. The molecule has 1 aliphatic carbocycles. The number of carbonyl (C=O) groups excluding carboxylic acids is 1. The van der Waals surface area contributed by atoms with Gasteiger partial charge in [0.05, 0.1) is 12.8 Å². The Kier molecular flexibility index (Phi) is 9.06. The van der Waals surface area contributed by atoms with Crippen LogP contribution in [0, 0.1) is 5.92 Å². The van der Waals surface area contributed by atoms with E-state index >= 15 is 0 Å². The Balaban J connectivity index is 1.72. The molecular weight excluding hydrogens is 456 g/mol. The van der Waals surface area contributed by atoms with E-state index in [1.54, 1.807) is 0 Å². The summed E-state index contributed by atoms with van der Waals surface area (Å²) in [7, 11) is 3.72. The molecule has 1 saturated carbocycles. The summed E-state index contributed by atoms with van der Waals surface area (Å²) in [6, 6.07) is 15.6. The number of carboxylic acid groups (broad SMARTS) is 2. The molecule has 1 aliphatic rings. The third-order valence-electron chi connectivity index (χ3n) is 6.39. The Morgan fingerprint density at radius 3 is 1.47 bits per heavy atom. The number of hydrogen-bond donors (Lipinski definition) is 2. The highest BCUT2D eigenvalue weighted by atomic mass is 16.4. The van der Waals surface area contributed by atoms with Gasteiger partial charge in [-0.1, -0.05) is 31.2 Å². The lowest BCUT2D eigenvalue weighted by Crippen LogP contribution is -2.20. The molecule has 0 aromatic heterocycles. The average molecular weight is 491 g/mol. The minimum absolute atomic E-state index is 0.0680. The van der Waals surface area contributed by atoms with E-state index in [2.05, 4.69) is 6.92 Å². The molecule has 7 nitrogen and oxygen atoms in total. The van der Waals surface area contributed by atoms with Crippen LogP contribution in [0.15, 0.2) is 59.7 Å². The Labute approximate surface area is 212 Å².